The third kappa shape index (κ3) is 4.32. The summed E-state index contributed by atoms with van der Waals surface area (Å²) in [7, 11) is 0. The van der Waals surface area contributed by atoms with Crippen molar-refractivity contribution in [3.05, 3.63) is 35.9 Å². The van der Waals surface area contributed by atoms with Crippen LogP contribution in [0.4, 0.5) is 0 Å². The molecule has 1 aromatic rings. The Balaban J connectivity index is 2.13. The number of rotatable bonds is 3. The molecule has 0 bridgehead atoms. The van der Waals surface area contributed by atoms with E-state index in [2.05, 4.69) is 69.9 Å². The molecule has 0 spiro atoms. The van der Waals surface area contributed by atoms with Crippen LogP contribution >= 0.6 is 0 Å². The lowest BCUT2D eigenvalue weighted by Crippen LogP contribution is -2.42. The minimum atomic E-state index is 0.431. The Kier molecular flexibility index (Phi) is 5.14. The van der Waals surface area contributed by atoms with Gasteiger partial charge in [-0.1, -0.05) is 71.4 Å². The Labute approximate surface area is 131 Å². The molecule has 1 aromatic carbocycles. The third-order valence-electron chi connectivity index (χ3n) is 5.88. The molecule has 1 aliphatic heterocycles. The number of hydrogen-bond acceptors (Lipinski definition) is 1. The van der Waals surface area contributed by atoms with E-state index in [1.54, 1.807) is 0 Å². The van der Waals surface area contributed by atoms with Crippen LogP contribution in [0.25, 0.3) is 0 Å². The van der Waals surface area contributed by atoms with Crippen molar-refractivity contribution in [3.63, 3.8) is 0 Å². The SMILES string of the molecule is CCC1(C)CCN(Cc2ccccc2)C[C@@H](C)C(C)(C)C1. The number of hydrogen-bond donors (Lipinski definition) is 0. The fourth-order valence-electron chi connectivity index (χ4n) is 3.80. The molecule has 0 radical (unpaired) electrons. The van der Waals surface area contributed by atoms with Gasteiger partial charge in [0.25, 0.3) is 0 Å². The quantitative estimate of drug-likeness (QED) is 0.723. The molecule has 0 aliphatic carbocycles. The van der Waals surface area contributed by atoms with Gasteiger partial charge in [-0.05, 0) is 41.7 Å². The molecule has 2 atom stereocenters. The molecule has 1 unspecified atom stereocenters. The van der Waals surface area contributed by atoms with Crippen LogP contribution in [0, 0.1) is 16.7 Å². The number of benzene rings is 1. The van der Waals surface area contributed by atoms with E-state index in [1.807, 2.05) is 0 Å². The minimum absolute atomic E-state index is 0.431. The molecular formula is C20H33N. The van der Waals surface area contributed by atoms with E-state index < -0.39 is 0 Å². The molecular weight excluding hydrogens is 254 g/mol. The Morgan fingerprint density at radius 2 is 1.81 bits per heavy atom. The highest BCUT2D eigenvalue weighted by molar-refractivity contribution is 5.14. The van der Waals surface area contributed by atoms with Crippen LogP contribution in [0.2, 0.25) is 0 Å². The normalized spacial score (nSPS) is 30.6. The second-order valence-corrected chi connectivity index (χ2v) is 8.20. The summed E-state index contributed by atoms with van der Waals surface area (Å²) in [6.45, 7) is 15.8. The van der Waals surface area contributed by atoms with E-state index in [0.29, 0.717) is 10.8 Å². The molecule has 0 saturated carbocycles. The first-order valence-electron chi connectivity index (χ1n) is 8.61. The highest BCUT2D eigenvalue weighted by Gasteiger charge is 2.37. The minimum Gasteiger partial charge on any atom is -0.299 e. The third-order valence-corrected chi connectivity index (χ3v) is 5.88. The molecule has 0 amide bonds. The van der Waals surface area contributed by atoms with Crippen molar-refractivity contribution in [3.8, 4) is 0 Å². The van der Waals surface area contributed by atoms with E-state index in [0.717, 1.165) is 12.5 Å². The van der Waals surface area contributed by atoms with Gasteiger partial charge < -0.3 is 0 Å². The molecule has 1 heteroatoms. The van der Waals surface area contributed by atoms with Crippen molar-refractivity contribution in [1.82, 2.24) is 4.90 Å². The molecule has 21 heavy (non-hydrogen) atoms. The second kappa shape index (κ2) is 6.52. The van der Waals surface area contributed by atoms with Crippen LogP contribution in [0.1, 0.15) is 59.4 Å². The first-order chi connectivity index (χ1) is 9.85. The monoisotopic (exact) mass is 287 g/mol. The van der Waals surface area contributed by atoms with Crippen molar-refractivity contribution in [2.75, 3.05) is 13.1 Å². The summed E-state index contributed by atoms with van der Waals surface area (Å²) in [6.07, 6.45) is 3.98. The van der Waals surface area contributed by atoms with Crippen LogP contribution in [-0.2, 0) is 6.54 Å². The van der Waals surface area contributed by atoms with Gasteiger partial charge in [0.05, 0.1) is 0 Å². The van der Waals surface area contributed by atoms with Gasteiger partial charge in [-0.25, -0.2) is 0 Å². The van der Waals surface area contributed by atoms with E-state index in [9.17, 15) is 0 Å². The average molecular weight is 287 g/mol. The zero-order valence-corrected chi connectivity index (χ0v) is 14.7. The van der Waals surface area contributed by atoms with Gasteiger partial charge in [-0.15, -0.1) is 0 Å². The highest BCUT2D eigenvalue weighted by Crippen LogP contribution is 2.45. The Morgan fingerprint density at radius 1 is 1.14 bits per heavy atom. The van der Waals surface area contributed by atoms with Crippen molar-refractivity contribution in [2.45, 2.75) is 60.4 Å². The first kappa shape index (κ1) is 16.5. The molecule has 0 N–H and O–H groups in total. The number of nitrogens with zero attached hydrogens (tertiary/aromatic N) is 1. The molecule has 1 heterocycles. The maximum absolute atomic E-state index is 2.68. The first-order valence-corrected chi connectivity index (χ1v) is 8.61. The van der Waals surface area contributed by atoms with Crippen molar-refractivity contribution in [1.29, 1.82) is 0 Å². The topological polar surface area (TPSA) is 3.24 Å². The zero-order chi connectivity index (χ0) is 15.5. The Hall–Kier alpha value is -0.820. The lowest BCUT2D eigenvalue weighted by atomic mass is 9.65. The highest BCUT2D eigenvalue weighted by atomic mass is 15.1. The van der Waals surface area contributed by atoms with Crippen molar-refractivity contribution < 1.29 is 0 Å². The van der Waals surface area contributed by atoms with Crippen molar-refractivity contribution >= 4 is 0 Å². The summed E-state index contributed by atoms with van der Waals surface area (Å²) in [5, 5.41) is 0. The smallest absolute Gasteiger partial charge is 0.0233 e. The predicted molar refractivity (Wildman–Crippen MR) is 92.3 cm³/mol. The molecule has 1 saturated heterocycles. The molecule has 118 valence electrons. The number of likely N-dealkylation sites (tertiary alicyclic amines) is 1. The van der Waals surface area contributed by atoms with Gasteiger partial charge in [0.15, 0.2) is 0 Å². The summed E-state index contributed by atoms with van der Waals surface area (Å²) < 4.78 is 0. The van der Waals surface area contributed by atoms with E-state index in [4.69, 9.17) is 0 Å². The predicted octanol–water partition coefficient (Wildman–Crippen LogP) is 5.36. The molecule has 2 rings (SSSR count). The molecule has 0 aromatic heterocycles. The maximum atomic E-state index is 2.68. The lowest BCUT2D eigenvalue weighted by molar-refractivity contribution is 0.0395. The summed E-state index contributed by atoms with van der Waals surface area (Å²) in [5.41, 5.74) is 2.37. The van der Waals surface area contributed by atoms with Crippen LogP contribution < -0.4 is 0 Å². The van der Waals surface area contributed by atoms with E-state index in [1.165, 1.54) is 37.9 Å². The molecule has 1 aliphatic rings. The summed E-state index contributed by atoms with van der Waals surface area (Å²) in [6, 6.07) is 10.9. The lowest BCUT2D eigenvalue weighted by Gasteiger charge is -2.46. The fraction of sp³-hybridized carbons (Fsp3) is 0.700. The standard InChI is InChI=1S/C20H33N/c1-6-20(5)12-13-21(14-17(2)19(3,4)16-20)15-18-10-8-7-9-11-18/h7-11,17H,6,12-16H2,1-5H3/t17-,20?/m1/s1. The van der Waals surface area contributed by atoms with Gasteiger partial charge in [0.1, 0.15) is 0 Å². The van der Waals surface area contributed by atoms with Crippen LogP contribution in [0.3, 0.4) is 0 Å². The fourth-order valence-corrected chi connectivity index (χ4v) is 3.80. The van der Waals surface area contributed by atoms with Crippen molar-refractivity contribution in [2.24, 2.45) is 16.7 Å². The van der Waals surface area contributed by atoms with Gasteiger partial charge in [0, 0.05) is 13.1 Å². The Morgan fingerprint density at radius 3 is 2.43 bits per heavy atom. The van der Waals surface area contributed by atoms with Gasteiger partial charge >= 0.3 is 0 Å². The summed E-state index contributed by atoms with van der Waals surface area (Å²) in [4.78, 5) is 2.68. The van der Waals surface area contributed by atoms with Gasteiger partial charge in [-0.2, -0.15) is 0 Å². The summed E-state index contributed by atoms with van der Waals surface area (Å²) in [5.74, 6) is 0.743. The van der Waals surface area contributed by atoms with Crippen LogP contribution in [0.15, 0.2) is 30.3 Å². The zero-order valence-electron chi connectivity index (χ0n) is 14.7. The maximum Gasteiger partial charge on any atom is 0.0233 e. The summed E-state index contributed by atoms with van der Waals surface area (Å²) >= 11 is 0. The van der Waals surface area contributed by atoms with E-state index >= 15 is 0 Å². The van der Waals surface area contributed by atoms with Gasteiger partial charge in [-0.3, -0.25) is 4.90 Å². The average Bonchev–Trinajstić information content (AvgIpc) is 2.44. The molecule has 1 nitrogen and oxygen atoms in total. The second-order valence-electron chi connectivity index (χ2n) is 8.20. The van der Waals surface area contributed by atoms with Gasteiger partial charge in [0.2, 0.25) is 0 Å². The van der Waals surface area contributed by atoms with E-state index in [-0.39, 0.29) is 0 Å². The Bertz CT molecular complexity index is 434. The van der Waals surface area contributed by atoms with Crippen LogP contribution in [-0.4, -0.2) is 18.0 Å². The largest absolute Gasteiger partial charge is 0.299 e. The molecule has 1 fully saturated rings. The van der Waals surface area contributed by atoms with Crippen LogP contribution in [0.5, 0.6) is 0 Å².